The number of nitrogens with zero attached hydrogens (tertiary/aromatic N) is 1. The molecule has 0 aromatic heterocycles. The first-order valence-electron chi connectivity index (χ1n) is 4.55. The summed E-state index contributed by atoms with van der Waals surface area (Å²) in [6.45, 7) is 4.96. The molecule has 13 heavy (non-hydrogen) atoms. The fraction of sp³-hybridized carbons (Fsp3) is 0.875. The molecule has 1 amide bonds. The van der Waals surface area contributed by atoms with Crippen LogP contribution in [0.1, 0.15) is 13.3 Å². The van der Waals surface area contributed by atoms with Crippen LogP contribution in [0.2, 0.25) is 0 Å². The van der Waals surface area contributed by atoms with Crippen LogP contribution in [-0.2, 0) is 4.74 Å². The number of ether oxygens (including phenoxy) is 1. The van der Waals surface area contributed by atoms with Crippen LogP contribution in [0.25, 0.3) is 0 Å². The highest BCUT2D eigenvalue weighted by Crippen LogP contribution is 2.04. The number of carboxylic acid groups (broad SMARTS) is 1. The Morgan fingerprint density at radius 1 is 1.62 bits per heavy atom. The van der Waals surface area contributed by atoms with Crippen LogP contribution in [-0.4, -0.2) is 48.6 Å². The fourth-order valence-electron chi connectivity index (χ4n) is 1.48. The number of hydrogen-bond acceptors (Lipinski definition) is 3. The van der Waals surface area contributed by atoms with E-state index in [0.29, 0.717) is 13.2 Å². The Morgan fingerprint density at radius 2 is 2.23 bits per heavy atom. The summed E-state index contributed by atoms with van der Waals surface area (Å²) in [5, 5.41) is 11.1. The van der Waals surface area contributed by atoms with Crippen molar-refractivity contribution in [3.05, 3.63) is 0 Å². The SMILES string of the molecule is CCC(NC(=O)O)N1CCOCC1. The van der Waals surface area contributed by atoms with Gasteiger partial charge in [0.25, 0.3) is 0 Å². The second-order valence-electron chi connectivity index (χ2n) is 3.02. The Morgan fingerprint density at radius 3 is 2.69 bits per heavy atom. The van der Waals surface area contributed by atoms with Crippen LogP contribution in [0.4, 0.5) is 4.79 Å². The highest BCUT2D eigenvalue weighted by molar-refractivity contribution is 5.64. The van der Waals surface area contributed by atoms with Crippen LogP contribution >= 0.6 is 0 Å². The van der Waals surface area contributed by atoms with E-state index in [0.717, 1.165) is 19.5 Å². The predicted molar refractivity (Wildman–Crippen MR) is 47.6 cm³/mol. The Bertz CT molecular complexity index is 169. The number of nitrogens with one attached hydrogen (secondary N) is 1. The standard InChI is InChI=1S/C8H16N2O3/c1-2-7(9-8(11)12)10-3-5-13-6-4-10/h7,9H,2-6H2,1H3,(H,11,12). The molecule has 1 atom stereocenters. The van der Waals surface area contributed by atoms with Crippen molar-refractivity contribution >= 4 is 6.09 Å². The molecule has 5 heteroatoms. The Balaban J connectivity index is 2.39. The second-order valence-corrected chi connectivity index (χ2v) is 3.02. The van der Waals surface area contributed by atoms with E-state index in [4.69, 9.17) is 9.84 Å². The van der Waals surface area contributed by atoms with Crippen LogP contribution in [0, 0.1) is 0 Å². The molecule has 1 aliphatic rings. The first kappa shape index (κ1) is 10.3. The van der Waals surface area contributed by atoms with Crippen LogP contribution < -0.4 is 5.32 Å². The van der Waals surface area contributed by atoms with Crippen molar-refractivity contribution in [2.75, 3.05) is 26.3 Å². The van der Waals surface area contributed by atoms with Crippen molar-refractivity contribution < 1.29 is 14.6 Å². The predicted octanol–water partition coefficient (Wildman–Crippen LogP) is 0.322. The van der Waals surface area contributed by atoms with Gasteiger partial charge < -0.3 is 15.2 Å². The zero-order valence-electron chi connectivity index (χ0n) is 7.82. The summed E-state index contributed by atoms with van der Waals surface area (Å²) in [5.74, 6) is 0. The average Bonchev–Trinajstić information content (AvgIpc) is 2.15. The summed E-state index contributed by atoms with van der Waals surface area (Å²) in [7, 11) is 0. The molecular weight excluding hydrogens is 172 g/mol. The van der Waals surface area contributed by atoms with Gasteiger partial charge in [0.15, 0.2) is 0 Å². The highest BCUT2D eigenvalue weighted by atomic mass is 16.5. The molecule has 1 rings (SSSR count). The quantitative estimate of drug-likeness (QED) is 0.669. The molecule has 1 saturated heterocycles. The summed E-state index contributed by atoms with van der Waals surface area (Å²) in [6.07, 6.45) is -0.244. The van der Waals surface area contributed by atoms with Gasteiger partial charge in [-0.05, 0) is 6.42 Å². The topological polar surface area (TPSA) is 61.8 Å². The molecule has 1 aliphatic heterocycles. The zero-order chi connectivity index (χ0) is 9.68. The Kier molecular flexibility index (Phi) is 3.98. The van der Waals surface area contributed by atoms with Gasteiger partial charge in [-0.2, -0.15) is 0 Å². The number of morpholine rings is 1. The van der Waals surface area contributed by atoms with Crippen molar-refractivity contribution in [2.24, 2.45) is 0 Å². The van der Waals surface area contributed by atoms with Gasteiger partial charge in [-0.1, -0.05) is 6.92 Å². The minimum absolute atomic E-state index is 0.0681. The summed E-state index contributed by atoms with van der Waals surface area (Å²) >= 11 is 0. The smallest absolute Gasteiger partial charge is 0.405 e. The van der Waals surface area contributed by atoms with Crippen molar-refractivity contribution in [3.8, 4) is 0 Å². The normalized spacial score (nSPS) is 21.0. The first-order chi connectivity index (χ1) is 6.24. The number of carbonyl (C=O) groups is 1. The van der Waals surface area contributed by atoms with Crippen molar-refractivity contribution in [3.63, 3.8) is 0 Å². The van der Waals surface area contributed by atoms with E-state index in [1.807, 2.05) is 6.92 Å². The van der Waals surface area contributed by atoms with Gasteiger partial charge in [-0.3, -0.25) is 4.90 Å². The van der Waals surface area contributed by atoms with E-state index in [2.05, 4.69) is 10.2 Å². The van der Waals surface area contributed by atoms with E-state index in [1.165, 1.54) is 0 Å². The van der Waals surface area contributed by atoms with Gasteiger partial charge in [0.05, 0.1) is 19.4 Å². The van der Waals surface area contributed by atoms with Crippen molar-refractivity contribution in [1.29, 1.82) is 0 Å². The molecule has 5 nitrogen and oxygen atoms in total. The molecule has 2 N–H and O–H groups in total. The number of amides is 1. The van der Waals surface area contributed by atoms with Gasteiger partial charge in [0.2, 0.25) is 0 Å². The minimum Gasteiger partial charge on any atom is -0.465 e. The van der Waals surface area contributed by atoms with Crippen molar-refractivity contribution in [1.82, 2.24) is 10.2 Å². The lowest BCUT2D eigenvalue weighted by molar-refractivity contribution is 0.00881. The summed E-state index contributed by atoms with van der Waals surface area (Å²) in [4.78, 5) is 12.5. The van der Waals surface area contributed by atoms with Gasteiger partial charge in [0.1, 0.15) is 0 Å². The number of rotatable bonds is 3. The van der Waals surface area contributed by atoms with E-state index in [1.54, 1.807) is 0 Å². The molecule has 0 saturated carbocycles. The van der Waals surface area contributed by atoms with Crippen LogP contribution in [0.3, 0.4) is 0 Å². The maximum atomic E-state index is 10.4. The maximum Gasteiger partial charge on any atom is 0.405 e. The van der Waals surface area contributed by atoms with E-state index < -0.39 is 6.09 Å². The molecule has 0 aromatic rings. The third kappa shape index (κ3) is 3.20. The van der Waals surface area contributed by atoms with E-state index >= 15 is 0 Å². The largest absolute Gasteiger partial charge is 0.465 e. The van der Waals surface area contributed by atoms with Crippen molar-refractivity contribution in [2.45, 2.75) is 19.5 Å². The molecule has 0 aliphatic carbocycles. The molecular formula is C8H16N2O3. The minimum atomic E-state index is -0.960. The van der Waals surface area contributed by atoms with Gasteiger partial charge in [-0.25, -0.2) is 4.79 Å². The molecule has 1 unspecified atom stereocenters. The lowest BCUT2D eigenvalue weighted by atomic mass is 10.3. The molecule has 1 fully saturated rings. The summed E-state index contributed by atoms with van der Waals surface area (Å²) in [6, 6.07) is 0. The van der Waals surface area contributed by atoms with Gasteiger partial charge in [0, 0.05) is 13.1 Å². The highest BCUT2D eigenvalue weighted by Gasteiger charge is 2.20. The average molecular weight is 188 g/mol. The Hall–Kier alpha value is -0.810. The third-order valence-electron chi connectivity index (χ3n) is 2.16. The molecule has 0 radical (unpaired) electrons. The van der Waals surface area contributed by atoms with Gasteiger partial charge in [-0.15, -0.1) is 0 Å². The molecule has 0 bridgehead atoms. The summed E-state index contributed by atoms with van der Waals surface area (Å²) < 4.78 is 5.18. The zero-order valence-corrected chi connectivity index (χ0v) is 7.82. The van der Waals surface area contributed by atoms with Crippen LogP contribution in [0.5, 0.6) is 0 Å². The molecule has 0 aromatic carbocycles. The summed E-state index contributed by atoms with van der Waals surface area (Å²) in [5.41, 5.74) is 0. The fourth-order valence-corrected chi connectivity index (χ4v) is 1.48. The monoisotopic (exact) mass is 188 g/mol. The van der Waals surface area contributed by atoms with E-state index in [-0.39, 0.29) is 6.17 Å². The molecule has 0 spiro atoms. The van der Waals surface area contributed by atoms with Crippen LogP contribution in [0.15, 0.2) is 0 Å². The Labute approximate surface area is 77.7 Å². The lowest BCUT2D eigenvalue weighted by Crippen LogP contribution is -2.51. The first-order valence-corrected chi connectivity index (χ1v) is 4.55. The maximum absolute atomic E-state index is 10.4. The lowest BCUT2D eigenvalue weighted by Gasteiger charge is -2.33. The van der Waals surface area contributed by atoms with Gasteiger partial charge >= 0.3 is 6.09 Å². The van der Waals surface area contributed by atoms with E-state index in [9.17, 15) is 4.79 Å². The molecule has 76 valence electrons. The third-order valence-corrected chi connectivity index (χ3v) is 2.16. The molecule has 1 heterocycles. The number of hydrogen-bond donors (Lipinski definition) is 2. The second kappa shape index (κ2) is 5.04.